The maximum atomic E-state index is 12.0. The number of hydrogen-bond donors (Lipinski definition) is 3. The van der Waals surface area contributed by atoms with Crippen LogP contribution >= 0.6 is 23.2 Å². The number of rotatable bonds is 4. The molecule has 0 aliphatic heterocycles. The first-order valence-electron chi connectivity index (χ1n) is 5.49. The van der Waals surface area contributed by atoms with Crippen LogP contribution in [0.15, 0.2) is 23.4 Å². The molecule has 104 valence electrons. The molecule has 0 unspecified atom stereocenters. The minimum absolute atomic E-state index is 0.0370. The molecule has 19 heavy (non-hydrogen) atoms. The van der Waals surface area contributed by atoms with Crippen LogP contribution in [0, 0.1) is 5.41 Å². The normalized spacial score (nSPS) is 12.3. The van der Waals surface area contributed by atoms with Crippen LogP contribution in [0.4, 0.5) is 0 Å². The van der Waals surface area contributed by atoms with Crippen LogP contribution in [-0.4, -0.2) is 23.5 Å². The molecule has 1 amide bonds. The number of halogens is 2. The summed E-state index contributed by atoms with van der Waals surface area (Å²) in [4.78, 5) is 12.0. The van der Waals surface area contributed by atoms with Gasteiger partial charge in [-0.25, -0.2) is 0 Å². The lowest BCUT2D eigenvalue weighted by Crippen LogP contribution is -2.42. The summed E-state index contributed by atoms with van der Waals surface area (Å²) in [5, 5.41) is 15.0. The highest BCUT2D eigenvalue weighted by Gasteiger charge is 2.25. The van der Waals surface area contributed by atoms with Gasteiger partial charge >= 0.3 is 0 Å². The molecule has 0 fully saturated rings. The van der Waals surface area contributed by atoms with Gasteiger partial charge in [-0.3, -0.25) is 4.79 Å². The molecular weight excluding hydrogens is 289 g/mol. The van der Waals surface area contributed by atoms with E-state index in [2.05, 4.69) is 10.5 Å². The Labute approximate surface area is 121 Å². The van der Waals surface area contributed by atoms with Crippen molar-refractivity contribution in [3.63, 3.8) is 0 Å². The molecule has 0 aliphatic carbocycles. The van der Waals surface area contributed by atoms with Crippen molar-refractivity contribution in [1.29, 1.82) is 0 Å². The van der Waals surface area contributed by atoms with Gasteiger partial charge in [-0.1, -0.05) is 42.2 Å². The van der Waals surface area contributed by atoms with Crippen LogP contribution in [0.2, 0.25) is 10.0 Å². The van der Waals surface area contributed by atoms with Crippen molar-refractivity contribution in [1.82, 2.24) is 5.32 Å². The third-order valence-corrected chi connectivity index (χ3v) is 3.22. The average Bonchev–Trinajstić information content (AvgIpc) is 2.35. The van der Waals surface area contributed by atoms with Crippen LogP contribution in [0.25, 0.3) is 0 Å². The highest BCUT2D eigenvalue weighted by atomic mass is 35.5. The summed E-state index contributed by atoms with van der Waals surface area (Å²) in [5.74, 6) is -0.310. The number of oxime groups is 1. The van der Waals surface area contributed by atoms with Gasteiger partial charge in [-0.15, -0.1) is 0 Å². The van der Waals surface area contributed by atoms with Crippen LogP contribution in [-0.2, 0) is 0 Å². The number of hydrogen-bond acceptors (Lipinski definition) is 3. The van der Waals surface area contributed by atoms with E-state index in [1.54, 1.807) is 19.9 Å². The standard InChI is InChI=1S/C12H15Cl2N3O2/c1-12(2,11(15)17-19)6-16-10(18)8-4-3-7(13)5-9(8)14/h3-5,19H,6H2,1-2H3,(H2,15,17)(H,16,18). The van der Waals surface area contributed by atoms with Crippen molar-refractivity contribution in [3.05, 3.63) is 33.8 Å². The molecule has 5 nitrogen and oxygen atoms in total. The molecule has 0 radical (unpaired) electrons. The Balaban J connectivity index is 2.76. The maximum Gasteiger partial charge on any atom is 0.252 e. The molecule has 1 aromatic rings. The fourth-order valence-corrected chi connectivity index (χ4v) is 1.79. The highest BCUT2D eigenvalue weighted by Crippen LogP contribution is 2.21. The number of nitrogens with one attached hydrogen (secondary N) is 1. The summed E-state index contributed by atoms with van der Waals surface area (Å²) in [7, 11) is 0. The first-order valence-corrected chi connectivity index (χ1v) is 6.25. The topological polar surface area (TPSA) is 87.7 Å². The number of benzene rings is 1. The van der Waals surface area contributed by atoms with Gasteiger partial charge in [0.25, 0.3) is 5.91 Å². The molecule has 0 heterocycles. The van der Waals surface area contributed by atoms with Gasteiger partial charge in [0, 0.05) is 17.0 Å². The third kappa shape index (κ3) is 4.01. The third-order valence-electron chi connectivity index (χ3n) is 2.67. The average molecular weight is 304 g/mol. The Morgan fingerprint density at radius 1 is 1.47 bits per heavy atom. The van der Waals surface area contributed by atoms with Crippen molar-refractivity contribution < 1.29 is 10.0 Å². The zero-order valence-corrected chi connectivity index (χ0v) is 12.1. The molecule has 1 aromatic carbocycles. The van der Waals surface area contributed by atoms with E-state index in [-0.39, 0.29) is 23.3 Å². The van der Waals surface area contributed by atoms with Crippen LogP contribution < -0.4 is 11.1 Å². The van der Waals surface area contributed by atoms with Gasteiger partial charge in [-0.05, 0) is 18.2 Å². The number of amidine groups is 1. The quantitative estimate of drug-likeness (QED) is 0.345. The number of amides is 1. The number of nitrogens with zero attached hydrogens (tertiary/aromatic N) is 1. The van der Waals surface area contributed by atoms with Crippen molar-refractivity contribution in [2.75, 3.05) is 6.54 Å². The van der Waals surface area contributed by atoms with Gasteiger partial charge in [0.1, 0.15) is 5.84 Å². The molecule has 0 aliphatic rings. The Hall–Kier alpha value is -1.46. The molecule has 7 heteroatoms. The monoisotopic (exact) mass is 303 g/mol. The second-order valence-electron chi connectivity index (χ2n) is 4.68. The van der Waals surface area contributed by atoms with E-state index in [1.807, 2.05) is 0 Å². The Bertz CT molecular complexity index is 516. The van der Waals surface area contributed by atoms with E-state index in [9.17, 15) is 4.79 Å². The van der Waals surface area contributed by atoms with E-state index in [0.29, 0.717) is 10.6 Å². The summed E-state index contributed by atoms with van der Waals surface area (Å²) in [6.45, 7) is 3.69. The second-order valence-corrected chi connectivity index (χ2v) is 5.52. The van der Waals surface area contributed by atoms with Crippen LogP contribution in [0.3, 0.4) is 0 Å². The van der Waals surface area contributed by atoms with E-state index in [1.165, 1.54) is 12.1 Å². The highest BCUT2D eigenvalue weighted by molar-refractivity contribution is 6.36. The second kappa shape index (κ2) is 6.12. The van der Waals surface area contributed by atoms with Crippen molar-refractivity contribution >= 4 is 34.9 Å². The molecule has 0 bridgehead atoms. The van der Waals surface area contributed by atoms with E-state index >= 15 is 0 Å². The Morgan fingerprint density at radius 3 is 2.63 bits per heavy atom. The summed E-state index contributed by atoms with van der Waals surface area (Å²) in [6.07, 6.45) is 0. The molecule has 0 spiro atoms. The van der Waals surface area contributed by atoms with Gasteiger partial charge in [0.05, 0.1) is 10.6 Å². The summed E-state index contributed by atoms with van der Waals surface area (Å²) >= 11 is 11.7. The Morgan fingerprint density at radius 2 is 2.11 bits per heavy atom. The first-order chi connectivity index (χ1) is 8.77. The summed E-state index contributed by atoms with van der Waals surface area (Å²) < 4.78 is 0. The number of carbonyl (C=O) groups is 1. The van der Waals surface area contributed by atoms with Gasteiger partial charge in [0.15, 0.2) is 0 Å². The zero-order chi connectivity index (χ0) is 14.6. The zero-order valence-electron chi connectivity index (χ0n) is 10.6. The van der Waals surface area contributed by atoms with Crippen molar-refractivity contribution in [2.45, 2.75) is 13.8 Å². The predicted octanol–water partition coefficient (Wildman–Crippen LogP) is 2.50. The molecule has 0 atom stereocenters. The summed E-state index contributed by atoms with van der Waals surface area (Å²) in [5.41, 5.74) is 5.19. The maximum absolute atomic E-state index is 12.0. The first kappa shape index (κ1) is 15.6. The lowest BCUT2D eigenvalue weighted by Gasteiger charge is -2.23. The minimum Gasteiger partial charge on any atom is -0.409 e. The Kier molecular flexibility index (Phi) is 5.03. The molecule has 0 aromatic heterocycles. The lowest BCUT2D eigenvalue weighted by molar-refractivity contribution is 0.0944. The minimum atomic E-state index is -0.663. The number of carbonyl (C=O) groups excluding carboxylic acids is 1. The van der Waals surface area contributed by atoms with Gasteiger partial charge in [-0.2, -0.15) is 0 Å². The molecule has 0 saturated heterocycles. The van der Waals surface area contributed by atoms with Crippen LogP contribution in [0.1, 0.15) is 24.2 Å². The molecule has 1 rings (SSSR count). The van der Waals surface area contributed by atoms with Crippen molar-refractivity contribution in [2.24, 2.45) is 16.3 Å². The van der Waals surface area contributed by atoms with Crippen molar-refractivity contribution in [3.8, 4) is 0 Å². The summed E-state index contributed by atoms with van der Waals surface area (Å²) in [6, 6.07) is 4.61. The smallest absolute Gasteiger partial charge is 0.252 e. The predicted molar refractivity (Wildman–Crippen MR) is 76.0 cm³/mol. The van der Waals surface area contributed by atoms with E-state index in [0.717, 1.165) is 0 Å². The van der Waals surface area contributed by atoms with Crippen LogP contribution in [0.5, 0.6) is 0 Å². The lowest BCUT2D eigenvalue weighted by atomic mass is 9.92. The van der Waals surface area contributed by atoms with E-state index in [4.69, 9.17) is 34.1 Å². The largest absolute Gasteiger partial charge is 0.409 e. The fraction of sp³-hybridized carbons (Fsp3) is 0.333. The molecule has 0 saturated carbocycles. The molecular formula is C12H15Cl2N3O2. The van der Waals surface area contributed by atoms with E-state index < -0.39 is 5.41 Å². The van der Waals surface area contributed by atoms with Gasteiger partial charge < -0.3 is 16.3 Å². The number of nitrogens with two attached hydrogens (primary N) is 1. The SMILES string of the molecule is CC(C)(CNC(=O)c1ccc(Cl)cc1Cl)/C(N)=N/O. The fourth-order valence-electron chi connectivity index (χ4n) is 1.30. The molecule has 4 N–H and O–H groups in total. The van der Waals surface area contributed by atoms with Gasteiger partial charge in [0.2, 0.25) is 0 Å².